The zero-order chi connectivity index (χ0) is 18.1. The van der Waals surface area contributed by atoms with E-state index in [9.17, 15) is 23.3 Å². The Kier molecular flexibility index (Phi) is 4.97. The van der Waals surface area contributed by atoms with Gasteiger partial charge in [-0.2, -0.15) is 8.42 Å². The number of benzene rings is 1. The summed E-state index contributed by atoms with van der Waals surface area (Å²) in [6.07, 6.45) is 2.32. The van der Waals surface area contributed by atoms with Gasteiger partial charge in [0.05, 0.1) is 4.92 Å². The molecule has 128 valence electrons. The van der Waals surface area contributed by atoms with Crippen molar-refractivity contribution in [2.75, 3.05) is 0 Å². The number of carbonyl (C=O) groups excluding carboxylic acids is 1. The summed E-state index contributed by atoms with van der Waals surface area (Å²) in [4.78, 5) is 19.7. The van der Waals surface area contributed by atoms with E-state index in [0.717, 1.165) is 30.3 Å². The highest BCUT2D eigenvalue weighted by atomic mass is 35.5. The number of nitro groups is 1. The maximum atomic E-state index is 12.0. The third-order valence-electron chi connectivity index (χ3n) is 3.20. The van der Waals surface area contributed by atoms with Gasteiger partial charge in [0.2, 0.25) is 0 Å². The lowest BCUT2D eigenvalue weighted by Gasteiger charge is -2.27. The highest BCUT2D eigenvalue weighted by Gasteiger charge is 2.42. The molecule has 0 amide bonds. The van der Waals surface area contributed by atoms with Crippen molar-refractivity contribution in [2.24, 2.45) is 5.16 Å². The quantitative estimate of drug-likeness (QED) is 0.441. The van der Waals surface area contributed by atoms with Crippen LogP contribution in [0.2, 0.25) is 0 Å². The van der Waals surface area contributed by atoms with E-state index in [4.69, 9.17) is 23.2 Å². The van der Waals surface area contributed by atoms with Crippen molar-refractivity contribution >= 4 is 50.5 Å². The highest BCUT2D eigenvalue weighted by Crippen LogP contribution is 2.31. The van der Waals surface area contributed by atoms with E-state index in [2.05, 4.69) is 9.44 Å². The third kappa shape index (κ3) is 3.58. The number of nitro benzene ring substituents is 1. The molecule has 0 heterocycles. The average molecular weight is 393 g/mol. The van der Waals surface area contributed by atoms with Crippen molar-refractivity contribution in [3.05, 3.63) is 46.5 Å². The minimum atomic E-state index is -4.31. The zero-order valence-electron chi connectivity index (χ0n) is 12.0. The molecule has 0 aliphatic heterocycles. The first-order valence-electron chi connectivity index (χ1n) is 6.37. The van der Waals surface area contributed by atoms with Crippen LogP contribution in [0.25, 0.3) is 0 Å². The molecule has 1 aliphatic carbocycles. The van der Waals surface area contributed by atoms with Crippen LogP contribution in [-0.4, -0.2) is 35.1 Å². The van der Waals surface area contributed by atoms with E-state index in [-0.39, 0.29) is 16.3 Å². The van der Waals surface area contributed by atoms with Crippen LogP contribution in [-0.2, 0) is 19.2 Å². The molecule has 0 N–H and O–H groups in total. The lowest BCUT2D eigenvalue weighted by Crippen LogP contribution is -2.44. The number of allylic oxidation sites excluding steroid dienone is 2. The van der Waals surface area contributed by atoms with Gasteiger partial charge in [0.25, 0.3) is 5.69 Å². The summed E-state index contributed by atoms with van der Waals surface area (Å²) in [5, 5.41) is 12.9. The van der Waals surface area contributed by atoms with E-state index in [1.54, 1.807) is 0 Å². The van der Waals surface area contributed by atoms with Gasteiger partial charge in [0, 0.05) is 12.1 Å². The molecular formula is C13H10Cl2N2O6S. The lowest BCUT2D eigenvalue weighted by molar-refractivity contribution is -0.384. The molecule has 0 unspecified atom stereocenters. The number of hydrogen-bond acceptors (Lipinski definition) is 7. The fourth-order valence-corrected chi connectivity index (χ4v) is 2.89. The summed E-state index contributed by atoms with van der Waals surface area (Å²) in [5.41, 5.74) is -0.313. The number of nitrogens with zero attached hydrogens (tertiary/aromatic N) is 2. The first-order valence-corrected chi connectivity index (χ1v) is 8.59. The Labute approximate surface area is 147 Å². The summed E-state index contributed by atoms with van der Waals surface area (Å²) >= 11 is 12.0. The SMILES string of the molecule is C[C@@]1(Cl)C(=O)C=C/C(=N/OS(=O)(=O)c2ccc([N+](=O)[O-])cc2)[C@H]1Cl. The van der Waals surface area contributed by atoms with Crippen LogP contribution in [0.5, 0.6) is 0 Å². The minimum absolute atomic E-state index is 0.0424. The summed E-state index contributed by atoms with van der Waals surface area (Å²) in [6.45, 7) is 1.37. The van der Waals surface area contributed by atoms with E-state index in [1.165, 1.54) is 13.0 Å². The molecule has 1 aliphatic rings. The molecular weight excluding hydrogens is 383 g/mol. The fourth-order valence-electron chi connectivity index (χ4n) is 1.76. The Morgan fingerprint density at radius 2 is 1.88 bits per heavy atom. The van der Waals surface area contributed by atoms with Gasteiger partial charge in [-0.3, -0.25) is 19.2 Å². The molecule has 0 aromatic heterocycles. The molecule has 8 nitrogen and oxygen atoms in total. The Morgan fingerprint density at radius 1 is 1.29 bits per heavy atom. The monoisotopic (exact) mass is 392 g/mol. The predicted molar refractivity (Wildman–Crippen MR) is 86.8 cm³/mol. The zero-order valence-corrected chi connectivity index (χ0v) is 14.4. The molecule has 1 aromatic rings. The van der Waals surface area contributed by atoms with E-state index >= 15 is 0 Å². The van der Waals surface area contributed by atoms with Crippen molar-refractivity contribution < 1.29 is 22.4 Å². The van der Waals surface area contributed by atoms with Crippen LogP contribution in [0.15, 0.2) is 46.5 Å². The predicted octanol–water partition coefficient (Wildman–Crippen LogP) is 2.40. The number of halogens is 2. The van der Waals surface area contributed by atoms with Crippen molar-refractivity contribution in [3.63, 3.8) is 0 Å². The van der Waals surface area contributed by atoms with E-state index < -0.39 is 31.1 Å². The van der Waals surface area contributed by atoms with Gasteiger partial charge in [0.15, 0.2) is 5.78 Å². The normalized spacial score (nSPS) is 25.7. The van der Waals surface area contributed by atoms with E-state index in [0.29, 0.717) is 0 Å². The second-order valence-corrected chi connectivity index (χ2v) is 7.68. The van der Waals surface area contributed by atoms with Crippen LogP contribution < -0.4 is 0 Å². The van der Waals surface area contributed by atoms with Gasteiger partial charge < -0.3 is 0 Å². The van der Waals surface area contributed by atoms with Crippen molar-refractivity contribution in [1.29, 1.82) is 0 Å². The maximum Gasteiger partial charge on any atom is 0.358 e. The van der Waals surface area contributed by atoms with Gasteiger partial charge >= 0.3 is 10.1 Å². The number of carbonyl (C=O) groups is 1. The number of non-ortho nitro benzene ring substituents is 1. The van der Waals surface area contributed by atoms with Crippen LogP contribution in [0.1, 0.15) is 6.92 Å². The third-order valence-corrected chi connectivity index (χ3v) is 5.50. The first kappa shape index (κ1) is 18.4. The standard InChI is InChI=1S/C13H10Cl2N2O6S/c1-13(15)11(18)7-6-10(12(13)14)16-23-24(21,22)9-4-2-8(3-5-9)17(19)20/h2-7,12H,1H3/b16-10-/t12-,13-/m1/s1. The molecule has 0 bridgehead atoms. The number of rotatable bonds is 4. The Morgan fingerprint density at radius 3 is 2.42 bits per heavy atom. The second-order valence-electron chi connectivity index (χ2n) is 4.93. The molecule has 0 radical (unpaired) electrons. The van der Waals surface area contributed by atoms with Crippen molar-refractivity contribution in [1.82, 2.24) is 0 Å². The van der Waals surface area contributed by atoms with Crippen molar-refractivity contribution in [2.45, 2.75) is 22.1 Å². The summed E-state index contributed by atoms with van der Waals surface area (Å²) in [5.74, 6) is -0.443. The van der Waals surface area contributed by atoms with Crippen molar-refractivity contribution in [3.8, 4) is 0 Å². The van der Waals surface area contributed by atoms with Crippen LogP contribution >= 0.6 is 23.2 Å². The van der Waals surface area contributed by atoms with Crippen LogP contribution in [0.3, 0.4) is 0 Å². The van der Waals surface area contributed by atoms with Gasteiger partial charge in [-0.05, 0) is 31.2 Å². The Hall–Kier alpha value is -1.97. The Balaban J connectivity index is 2.25. The van der Waals surface area contributed by atoms with Crippen LogP contribution in [0, 0.1) is 10.1 Å². The molecule has 24 heavy (non-hydrogen) atoms. The lowest BCUT2D eigenvalue weighted by atomic mass is 9.92. The molecule has 0 saturated carbocycles. The molecule has 0 spiro atoms. The molecule has 0 fully saturated rings. The first-order chi connectivity index (χ1) is 11.1. The van der Waals surface area contributed by atoms with Crippen LogP contribution in [0.4, 0.5) is 5.69 Å². The summed E-state index contributed by atoms with van der Waals surface area (Å²) in [6, 6.07) is 4.06. The van der Waals surface area contributed by atoms with E-state index in [1.807, 2.05) is 0 Å². The number of alkyl halides is 2. The van der Waals surface area contributed by atoms with Gasteiger partial charge in [0.1, 0.15) is 20.9 Å². The van der Waals surface area contributed by atoms with Gasteiger partial charge in [-0.15, -0.1) is 23.2 Å². The number of ketones is 1. The topological polar surface area (TPSA) is 116 Å². The summed E-state index contributed by atoms with van der Waals surface area (Å²) < 4.78 is 28.6. The molecule has 2 atom stereocenters. The smallest absolute Gasteiger partial charge is 0.293 e. The largest absolute Gasteiger partial charge is 0.358 e. The number of hydrogen-bond donors (Lipinski definition) is 0. The minimum Gasteiger partial charge on any atom is -0.293 e. The second kappa shape index (κ2) is 6.50. The molecule has 0 saturated heterocycles. The molecule has 1 aromatic carbocycles. The Bertz CT molecular complexity index is 846. The fraction of sp³-hybridized carbons (Fsp3) is 0.231. The molecule has 11 heteroatoms. The van der Waals surface area contributed by atoms with Gasteiger partial charge in [-0.25, -0.2) is 0 Å². The molecule has 2 rings (SSSR count). The number of oxime groups is 1. The van der Waals surface area contributed by atoms with Gasteiger partial charge in [-0.1, -0.05) is 5.16 Å². The average Bonchev–Trinajstić information content (AvgIpc) is 2.52. The summed E-state index contributed by atoms with van der Waals surface area (Å²) in [7, 11) is -4.31. The highest BCUT2D eigenvalue weighted by molar-refractivity contribution is 7.86. The maximum absolute atomic E-state index is 12.0.